The molecule has 0 saturated carbocycles. The molecule has 1 amide bonds. The number of carbonyl (C=O) groups is 1. The number of likely N-dealkylation sites (tertiary alicyclic amines) is 1. The fraction of sp³-hybridized carbons (Fsp3) is 0.455. The molecule has 0 aliphatic carbocycles. The van der Waals surface area contributed by atoms with Crippen LogP contribution in [0.4, 0.5) is 0 Å². The van der Waals surface area contributed by atoms with Crippen molar-refractivity contribution in [3.8, 4) is 5.75 Å². The van der Waals surface area contributed by atoms with Crippen LogP contribution < -0.4 is 10.1 Å². The highest BCUT2D eigenvalue weighted by molar-refractivity contribution is 5.94. The Morgan fingerprint density at radius 3 is 2.79 bits per heavy atom. The van der Waals surface area contributed by atoms with Gasteiger partial charge in [0.1, 0.15) is 12.4 Å². The van der Waals surface area contributed by atoms with Crippen molar-refractivity contribution in [2.24, 2.45) is 0 Å². The number of pyridine rings is 1. The largest absolute Gasteiger partial charge is 0.491 e. The minimum Gasteiger partial charge on any atom is -0.491 e. The van der Waals surface area contributed by atoms with Gasteiger partial charge in [0.15, 0.2) is 0 Å². The van der Waals surface area contributed by atoms with Gasteiger partial charge in [0, 0.05) is 32.0 Å². The number of rotatable bonds is 8. The summed E-state index contributed by atoms with van der Waals surface area (Å²) < 4.78 is 10.5. The molecule has 2 heterocycles. The lowest BCUT2D eigenvalue weighted by atomic mass is 10.1. The van der Waals surface area contributed by atoms with E-state index in [-0.39, 0.29) is 11.9 Å². The smallest absolute Gasteiger partial charge is 0.251 e. The fourth-order valence-electron chi connectivity index (χ4n) is 3.42. The van der Waals surface area contributed by atoms with Crippen molar-refractivity contribution >= 4 is 5.91 Å². The Morgan fingerprint density at radius 2 is 2.07 bits per heavy atom. The topological polar surface area (TPSA) is 83.9 Å². The van der Waals surface area contributed by atoms with Crippen LogP contribution in [0.1, 0.15) is 28.9 Å². The predicted molar refractivity (Wildman–Crippen MR) is 110 cm³/mol. The van der Waals surface area contributed by atoms with E-state index in [9.17, 15) is 9.90 Å². The first kappa shape index (κ1) is 21.2. The maximum Gasteiger partial charge on any atom is 0.251 e. The SMILES string of the molecule is COCCOc1ccc(C(=O)NC2CN(Cc3ccccn3)CCCC2O)cc1. The van der Waals surface area contributed by atoms with Crippen LogP contribution in [-0.4, -0.2) is 66.5 Å². The number of carbonyl (C=O) groups excluding carboxylic acids is 1. The lowest BCUT2D eigenvalue weighted by Crippen LogP contribution is -2.48. The Hall–Kier alpha value is -2.48. The van der Waals surface area contributed by atoms with Gasteiger partial charge in [0.25, 0.3) is 5.91 Å². The lowest BCUT2D eigenvalue weighted by molar-refractivity contribution is 0.0797. The molecule has 156 valence electrons. The number of nitrogens with zero attached hydrogens (tertiary/aromatic N) is 2. The van der Waals surface area contributed by atoms with Gasteiger partial charge in [0.05, 0.1) is 24.4 Å². The van der Waals surface area contributed by atoms with E-state index in [1.165, 1.54) is 0 Å². The number of ether oxygens (including phenoxy) is 2. The van der Waals surface area contributed by atoms with Gasteiger partial charge in [-0.2, -0.15) is 0 Å². The monoisotopic (exact) mass is 399 g/mol. The van der Waals surface area contributed by atoms with Gasteiger partial charge in [-0.25, -0.2) is 0 Å². The molecule has 1 aliphatic rings. The second-order valence-corrected chi connectivity index (χ2v) is 7.21. The summed E-state index contributed by atoms with van der Waals surface area (Å²) >= 11 is 0. The standard InChI is InChI=1S/C22H29N3O4/c1-28-13-14-29-19-9-7-17(8-10-19)22(27)24-20-16-25(12-4-6-21(20)26)15-18-5-2-3-11-23-18/h2-3,5,7-11,20-21,26H,4,6,12-16H2,1H3,(H,24,27). The van der Waals surface area contributed by atoms with Crippen molar-refractivity contribution in [1.29, 1.82) is 0 Å². The molecule has 7 heteroatoms. The molecule has 0 bridgehead atoms. The molecule has 29 heavy (non-hydrogen) atoms. The van der Waals surface area contributed by atoms with Crippen molar-refractivity contribution in [3.63, 3.8) is 0 Å². The summed E-state index contributed by atoms with van der Waals surface area (Å²) in [6, 6.07) is 12.5. The third-order valence-corrected chi connectivity index (χ3v) is 4.99. The summed E-state index contributed by atoms with van der Waals surface area (Å²) in [4.78, 5) is 19.3. The van der Waals surface area contributed by atoms with Crippen molar-refractivity contribution in [2.75, 3.05) is 33.4 Å². The molecular formula is C22H29N3O4. The molecule has 7 nitrogen and oxygen atoms in total. The van der Waals surface area contributed by atoms with Crippen LogP contribution in [0.3, 0.4) is 0 Å². The Morgan fingerprint density at radius 1 is 1.24 bits per heavy atom. The highest BCUT2D eigenvalue weighted by Gasteiger charge is 2.27. The highest BCUT2D eigenvalue weighted by atomic mass is 16.5. The molecular weight excluding hydrogens is 370 g/mol. The molecule has 0 spiro atoms. The molecule has 2 atom stereocenters. The number of nitrogens with one attached hydrogen (secondary N) is 1. The van der Waals surface area contributed by atoms with Gasteiger partial charge < -0.3 is 19.9 Å². The Kier molecular flexibility index (Phi) is 7.98. The van der Waals surface area contributed by atoms with E-state index >= 15 is 0 Å². The van der Waals surface area contributed by atoms with Gasteiger partial charge in [-0.3, -0.25) is 14.7 Å². The number of hydrogen-bond acceptors (Lipinski definition) is 6. The van der Waals surface area contributed by atoms with E-state index in [0.29, 0.717) is 44.0 Å². The van der Waals surface area contributed by atoms with Crippen LogP contribution in [-0.2, 0) is 11.3 Å². The summed E-state index contributed by atoms with van der Waals surface area (Å²) in [5.41, 5.74) is 1.52. The Labute approximate surface area is 171 Å². The third kappa shape index (κ3) is 6.52. The number of hydrogen-bond donors (Lipinski definition) is 2. The first-order valence-electron chi connectivity index (χ1n) is 9.98. The van der Waals surface area contributed by atoms with Crippen LogP contribution in [0.15, 0.2) is 48.7 Å². The predicted octanol–water partition coefficient (Wildman–Crippen LogP) is 1.86. The van der Waals surface area contributed by atoms with Gasteiger partial charge in [-0.15, -0.1) is 0 Å². The first-order valence-corrected chi connectivity index (χ1v) is 9.98. The number of aromatic nitrogens is 1. The van der Waals surface area contributed by atoms with E-state index in [1.807, 2.05) is 18.2 Å². The molecule has 1 aliphatic heterocycles. The van der Waals surface area contributed by atoms with E-state index in [1.54, 1.807) is 37.6 Å². The number of aliphatic hydroxyl groups excluding tert-OH is 1. The number of amides is 1. The maximum absolute atomic E-state index is 12.7. The molecule has 1 saturated heterocycles. The van der Waals surface area contributed by atoms with Crippen LogP contribution in [0.2, 0.25) is 0 Å². The maximum atomic E-state index is 12.7. The van der Waals surface area contributed by atoms with Gasteiger partial charge in [0.2, 0.25) is 0 Å². The molecule has 1 aromatic heterocycles. The van der Waals surface area contributed by atoms with Crippen LogP contribution in [0.25, 0.3) is 0 Å². The van der Waals surface area contributed by atoms with Crippen molar-refractivity contribution in [3.05, 3.63) is 59.9 Å². The van der Waals surface area contributed by atoms with E-state index in [0.717, 1.165) is 18.7 Å². The summed E-state index contributed by atoms with van der Waals surface area (Å²) in [6.45, 7) is 3.13. The highest BCUT2D eigenvalue weighted by Crippen LogP contribution is 2.16. The van der Waals surface area contributed by atoms with Crippen molar-refractivity contribution in [2.45, 2.75) is 31.5 Å². The van der Waals surface area contributed by atoms with Crippen LogP contribution >= 0.6 is 0 Å². The summed E-state index contributed by atoms with van der Waals surface area (Å²) in [6.07, 6.45) is 2.76. The van der Waals surface area contributed by atoms with Crippen LogP contribution in [0, 0.1) is 0 Å². The zero-order valence-corrected chi connectivity index (χ0v) is 16.8. The molecule has 2 N–H and O–H groups in total. The van der Waals surface area contributed by atoms with E-state index < -0.39 is 6.10 Å². The molecule has 0 radical (unpaired) electrons. The molecule has 2 aromatic rings. The first-order chi connectivity index (χ1) is 14.2. The summed E-state index contributed by atoms with van der Waals surface area (Å²) in [5, 5.41) is 13.5. The van der Waals surface area contributed by atoms with Gasteiger partial charge in [-0.05, 0) is 55.8 Å². The van der Waals surface area contributed by atoms with Crippen LogP contribution in [0.5, 0.6) is 5.75 Å². The Bertz CT molecular complexity index is 754. The van der Waals surface area contributed by atoms with Gasteiger partial charge in [-0.1, -0.05) is 6.07 Å². The molecule has 3 rings (SSSR count). The second kappa shape index (κ2) is 10.9. The molecule has 1 fully saturated rings. The van der Waals surface area contributed by atoms with Gasteiger partial charge >= 0.3 is 0 Å². The third-order valence-electron chi connectivity index (χ3n) is 4.99. The number of aliphatic hydroxyl groups is 1. The minimum atomic E-state index is -0.565. The average Bonchev–Trinajstić information content (AvgIpc) is 2.90. The van der Waals surface area contributed by atoms with Crippen molar-refractivity contribution < 1.29 is 19.4 Å². The summed E-state index contributed by atoms with van der Waals surface area (Å²) in [7, 11) is 1.62. The molecule has 2 unspecified atom stereocenters. The number of methoxy groups -OCH3 is 1. The lowest BCUT2D eigenvalue weighted by Gasteiger charge is -2.27. The zero-order valence-electron chi connectivity index (χ0n) is 16.8. The number of benzene rings is 1. The van der Waals surface area contributed by atoms with Crippen molar-refractivity contribution in [1.82, 2.24) is 15.2 Å². The molecule has 1 aromatic carbocycles. The fourth-order valence-corrected chi connectivity index (χ4v) is 3.42. The summed E-state index contributed by atoms with van der Waals surface area (Å²) in [5.74, 6) is 0.492. The average molecular weight is 399 g/mol. The zero-order chi connectivity index (χ0) is 20.5. The minimum absolute atomic E-state index is 0.197. The van der Waals surface area contributed by atoms with E-state index in [2.05, 4.69) is 15.2 Å². The normalized spacial score (nSPS) is 20.1. The van der Waals surface area contributed by atoms with E-state index in [4.69, 9.17) is 9.47 Å². The Balaban J connectivity index is 1.58. The quantitative estimate of drug-likeness (QED) is 0.660. The second-order valence-electron chi connectivity index (χ2n) is 7.21.